The van der Waals surface area contributed by atoms with Crippen molar-refractivity contribution in [2.75, 3.05) is 30.9 Å². The number of aromatic nitrogens is 28. The summed E-state index contributed by atoms with van der Waals surface area (Å²) in [5.74, 6) is 2.74. The molecular weight excluding hydrogens is 1830 g/mol. The number of nitrogens with zero attached hydrogens (tertiary/aromatic N) is 21. The van der Waals surface area contributed by atoms with E-state index in [4.69, 9.17) is 19.9 Å². The van der Waals surface area contributed by atoms with Gasteiger partial charge in [-0.25, -0.2) is 39.9 Å². The summed E-state index contributed by atoms with van der Waals surface area (Å²) in [6.45, 7) is 14.2. The Hall–Kier alpha value is -17.4. The van der Waals surface area contributed by atoms with Crippen molar-refractivity contribution in [3.63, 3.8) is 0 Å². The van der Waals surface area contributed by atoms with Crippen molar-refractivity contribution in [3.05, 3.63) is 252 Å². The van der Waals surface area contributed by atoms with Gasteiger partial charge < -0.3 is 35.5 Å². The lowest BCUT2D eigenvalue weighted by molar-refractivity contribution is 0.101. The molecule has 24 aromatic heterocycles. The molecule has 0 unspecified atom stereocenters. The zero-order valence-corrected chi connectivity index (χ0v) is 78.8. The van der Waals surface area contributed by atoms with Crippen LogP contribution >= 0.6 is 45.3 Å². The van der Waals surface area contributed by atoms with Crippen LogP contribution in [0, 0.1) is 0 Å². The molecule has 0 bridgehead atoms. The lowest BCUT2D eigenvalue weighted by Crippen LogP contribution is -2.11. The van der Waals surface area contributed by atoms with Gasteiger partial charge in [-0.15, -0.1) is 45.3 Å². The normalized spacial score (nSPS) is 11.5. The number of imidazole rings is 4. The molecule has 0 aliphatic heterocycles. The Balaban J connectivity index is 0.000000110. The zero-order chi connectivity index (χ0) is 95.2. The van der Waals surface area contributed by atoms with Gasteiger partial charge in [-0.2, -0.15) is 20.4 Å². The van der Waals surface area contributed by atoms with Crippen LogP contribution in [0.2, 0.25) is 0 Å². The number of ketones is 4. The van der Waals surface area contributed by atoms with E-state index in [1.807, 2.05) is 141 Å². The molecule has 24 rings (SSSR count). The molecule has 0 aromatic carbocycles. The second kappa shape index (κ2) is 37.5. The predicted octanol–water partition coefficient (Wildman–Crippen LogP) is 20.6. The third kappa shape index (κ3) is 17.8. The van der Waals surface area contributed by atoms with E-state index in [2.05, 4.69) is 176 Å². The topological polar surface area (TPSA) is 480 Å². The molecule has 139 heavy (non-hydrogen) atoms. The molecule has 10 N–H and O–H groups in total. The fourth-order valence-electron chi connectivity index (χ4n) is 16.0. The van der Waals surface area contributed by atoms with Crippen molar-refractivity contribution in [1.29, 1.82) is 0 Å². The monoisotopic (exact) mass is 1910 g/mol. The smallest absolute Gasteiger partial charge is 0.181 e. The van der Waals surface area contributed by atoms with Gasteiger partial charge in [0.05, 0.1) is 105 Å². The molecule has 0 spiro atoms. The average molecular weight is 1910 g/mol. The minimum absolute atomic E-state index is 0.0436. The van der Waals surface area contributed by atoms with Gasteiger partial charge in [0.25, 0.3) is 0 Å². The highest BCUT2D eigenvalue weighted by molar-refractivity contribution is 7.18. The predicted molar refractivity (Wildman–Crippen MR) is 544 cm³/mol. The van der Waals surface area contributed by atoms with Gasteiger partial charge in [-0.1, -0.05) is 13.0 Å². The van der Waals surface area contributed by atoms with Gasteiger partial charge in [-0.3, -0.25) is 79.4 Å². The van der Waals surface area contributed by atoms with Crippen LogP contribution in [0.5, 0.6) is 0 Å². The highest BCUT2D eigenvalue weighted by Crippen LogP contribution is 2.42. The number of Topliss-reactive ketones (excluding diaryl/α,β-unsaturated/α-hetero) is 4. The second-order valence-corrected chi connectivity index (χ2v) is 37.4. The highest BCUT2D eigenvalue weighted by atomic mass is 32.1. The van der Waals surface area contributed by atoms with E-state index in [1.165, 1.54) is 45.3 Å². The minimum Gasteiger partial charge on any atom is -0.382 e. The molecular formula is C100H79N31O4S4. The maximum Gasteiger partial charge on any atom is 0.181 e. The average Bonchev–Trinajstić information content (AvgIpc) is 1.62. The summed E-state index contributed by atoms with van der Waals surface area (Å²) < 4.78 is 0. The Morgan fingerprint density at radius 2 is 0.676 bits per heavy atom. The van der Waals surface area contributed by atoms with Crippen LogP contribution in [-0.2, 0) is 6.54 Å². The SMILES string of the molecule is CC(=O)c1ccc(-c2cncc3[nH]c(-c4[nH]nc5ncc(-c6cccnc6)cc45)nc23)s1.CC(=O)c1ccc(-c2cncc3[nH]c(-c4[nH]nc5ncc(-c6cncc(N(C)C)c6)cc45)nc23)s1.CC(=O)c1ccc(-c2cncc3[nH]c(-c4[nH]nc5ncc(-c6cncc(NC(C)C)c6)cc45)nc23)s1.CCNCc1cncc(-c2cnc3n[nH]c(-c4nc5c(-c6ccc(C(C)=O)s6)cncc5[nH]4)c3c2)c1. The number of H-pyrrole nitrogens is 8. The molecule has 0 saturated carbocycles. The molecule has 0 aliphatic carbocycles. The summed E-state index contributed by atoms with van der Waals surface area (Å²) in [5.41, 5.74) is 25.9. The van der Waals surface area contributed by atoms with Crippen molar-refractivity contribution < 1.29 is 19.2 Å². The Morgan fingerprint density at radius 1 is 0.353 bits per heavy atom. The summed E-state index contributed by atoms with van der Waals surface area (Å²) in [5, 5.41) is 39.9. The van der Waals surface area contributed by atoms with Crippen LogP contribution in [0.25, 0.3) is 221 Å². The second-order valence-electron chi connectivity index (χ2n) is 33.0. The van der Waals surface area contributed by atoms with E-state index in [0.29, 0.717) is 71.4 Å². The van der Waals surface area contributed by atoms with Gasteiger partial charge in [0.1, 0.15) is 44.8 Å². The van der Waals surface area contributed by atoms with Gasteiger partial charge in [0.2, 0.25) is 0 Å². The number of carbonyl (C=O) groups is 4. The van der Waals surface area contributed by atoms with Crippen LogP contribution in [0.4, 0.5) is 11.4 Å². The molecule has 0 aliphatic rings. The molecule has 0 atom stereocenters. The highest BCUT2D eigenvalue weighted by Gasteiger charge is 2.26. The number of carbonyl (C=O) groups excluding carboxylic acids is 4. The molecule has 39 heteroatoms. The molecule has 24 heterocycles. The third-order valence-corrected chi connectivity index (χ3v) is 27.7. The van der Waals surface area contributed by atoms with Crippen molar-refractivity contribution in [2.24, 2.45) is 0 Å². The summed E-state index contributed by atoms with van der Waals surface area (Å²) in [7, 11) is 3.97. The summed E-state index contributed by atoms with van der Waals surface area (Å²) >= 11 is 5.75. The Morgan fingerprint density at radius 3 is 1.01 bits per heavy atom. The van der Waals surface area contributed by atoms with Gasteiger partial charge in [0, 0.05) is 206 Å². The molecule has 35 nitrogen and oxygen atoms in total. The van der Waals surface area contributed by atoms with Crippen molar-refractivity contribution in [2.45, 2.75) is 61.1 Å². The summed E-state index contributed by atoms with van der Waals surface area (Å²) in [4.78, 5) is 142. The first-order chi connectivity index (χ1) is 67.7. The largest absolute Gasteiger partial charge is 0.382 e. The maximum atomic E-state index is 11.8. The number of aromatic amines is 8. The van der Waals surface area contributed by atoms with Gasteiger partial charge >= 0.3 is 0 Å². The van der Waals surface area contributed by atoms with E-state index >= 15 is 0 Å². The van der Waals surface area contributed by atoms with E-state index in [9.17, 15) is 19.2 Å². The first-order valence-electron chi connectivity index (χ1n) is 43.8. The fourth-order valence-corrected chi connectivity index (χ4v) is 19.6. The summed E-state index contributed by atoms with van der Waals surface area (Å²) in [6, 6.07) is 33.7. The first kappa shape index (κ1) is 88.2. The van der Waals surface area contributed by atoms with Crippen molar-refractivity contribution in [3.8, 4) is 132 Å². The van der Waals surface area contributed by atoms with Crippen LogP contribution in [0.15, 0.2) is 227 Å². The van der Waals surface area contributed by atoms with Gasteiger partial charge in [-0.05, 0) is 151 Å². The maximum absolute atomic E-state index is 11.8. The fraction of sp³-hybridized carbons (Fsp3) is 0.120. The lowest BCUT2D eigenvalue weighted by atomic mass is 10.1. The van der Waals surface area contributed by atoms with Crippen LogP contribution in [0.1, 0.15) is 92.7 Å². The molecule has 0 radical (unpaired) electrons. The zero-order valence-electron chi connectivity index (χ0n) is 75.5. The van der Waals surface area contributed by atoms with Crippen LogP contribution in [-0.4, -0.2) is 190 Å². The quantitative estimate of drug-likeness (QED) is 0.0282. The van der Waals surface area contributed by atoms with E-state index in [1.54, 1.807) is 108 Å². The van der Waals surface area contributed by atoms with Crippen LogP contribution < -0.4 is 15.5 Å². The molecule has 0 fully saturated rings. The number of anilines is 2. The number of hydrogen-bond donors (Lipinski definition) is 10. The van der Waals surface area contributed by atoms with Gasteiger partial charge in [0.15, 0.2) is 69.0 Å². The Bertz CT molecular complexity index is 8840. The molecule has 0 saturated heterocycles. The standard InChI is InChI=1S/2C26H22N8OS.C25H20N8OS.C23H15N7OS/c1-13(2)30-17-6-15(8-27-10-17)16-7-18-24(33-34-25(18)29-9-16)26-31-20-12-28-11-19(23(20)32-26)22-5-4-21(36-22)14(3)35;1-3-27-8-15-6-16(10-28-9-15)17-7-18-24(33-34-25(18)30-11-17)26-31-20-13-29-12-19(23(20)32-26)22-5-4-21(36-22)14(2)35;1-13(34)20-4-5-21(35-20)18-11-27-12-19-22(18)30-25(29-19)23-17-7-15(9-28-24(17)32-31-23)14-6-16(33(2)3)10-26-8-14;1-12(31)18-4-5-19(32-18)16-10-25-11-17-20(16)28-23(27-17)21-15-7-14(9-26-22(15)30-29-21)13-3-2-6-24-8-13/h4-13,30H,1-3H3,(H,31,32)(H,29,33,34);4-7,9-13,27H,3,8H2,1-2H3,(H,31,32)(H,30,33,34);4-12H,1-3H3,(H,29,30)(H,28,31,32);2-11H,1H3,(H,27,28)(H,26,29,30). The van der Waals surface area contributed by atoms with Crippen molar-refractivity contribution >= 4 is 168 Å². The van der Waals surface area contributed by atoms with E-state index in [0.717, 1.165) is 205 Å². The molecule has 0 amide bonds. The summed E-state index contributed by atoms with van der Waals surface area (Å²) in [6.07, 6.45) is 35.8. The number of pyridine rings is 12. The minimum atomic E-state index is 0.0436. The number of thiophene rings is 4. The lowest BCUT2D eigenvalue weighted by Gasteiger charge is -2.12. The van der Waals surface area contributed by atoms with Crippen LogP contribution in [0.3, 0.4) is 0 Å². The number of hydrogen-bond acceptors (Lipinski definition) is 31. The third-order valence-electron chi connectivity index (χ3n) is 22.8. The van der Waals surface area contributed by atoms with Crippen molar-refractivity contribution in [1.82, 2.24) is 146 Å². The number of fused-ring (bicyclic) bond motifs is 8. The first-order valence-corrected chi connectivity index (χ1v) is 47.1. The van der Waals surface area contributed by atoms with E-state index < -0.39 is 0 Å². The number of rotatable bonds is 22. The number of nitrogens with one attached hydrogen (secondary N) is 10. The Labute approximate surface area is 804 Å². The Kier molecular flexibility index (Phi) is 23.8. The van der Waals surface area contributed by atoms with E-state index in [-0.39, 0.29) is 23.1 Å². The molecule has 682 valence electrons. The molecule has 24 aromatic rings.